The van der Waals surface area contributed by atoms with E-state index in [4.69, 9.17) is 0 Å². The summed E-state index contributed by atoms with van der Waals surface area (Å²) in [5.74, 6) is 0.334. The molecule has 2 aromatic rings. The van der Waals surface area contributed by atoms with Crippen LogP contribution in [-0.4, -0.2) is 16.8 Å². The number of anilines is 3. The summed E-state index contributed by atoms with van der Waals surface area (Å²) in [5, 5.41) is 3.14. The summed E-state index contributed by atoms with van der Waals surface area (Å²) in [6.45, 7) is 0. The molecule has 0 saturated carbocycles. The number of aromatic nitrogens is 1. The molecule has 100 valence electrons. The molecule has 0 unspecified atom stereocenters. The maximum atomic E-state index is 11.6. The lowest BCUT2D eigenvalue weighted by molar-refractivity contribution is -0.121. The first kappa shape index (κ1) is 12.3. The average Bonchev–Trinajstić information content (AvgIpc) is 2.81. The molecule has 1 aromatic heterocycles. The van der Waals surface area contributed by atoms with Gasteiger partial charge in [-0.2, -0.15) is 0 Å². The average molecular weight is 267 g/mol. The van der Waals surface area contributed by atoms with Crippen LogP contribution in [0.1, 0.15) is 12.8 Å². The number of rotatable bonds is 3. The molecule has 1 N–H and O–H groups in total. The number of carbonyl (C=O) groups excluding carboxylic acids is 2. The maximum Gasteiger partial charge on any atom is 0.234 e. The number of para-hydroxylation sites is 1. The minimum absolute atomic E-state index is 0.166. The molecule has 1 aliphatic heterocycles. The molecule has 5 nitrogen and oxygen atoms in total. The van der Waals surface area contributed by atoms with E-state index in [1.807, 2.05) is 30.3 Å². The number of benzene rings is 1. The molecule has 5 heteroatoms. The van der Waals surface area contributed by atoms with Crippen LogP contribution in [0, 0.1) is 0 Å². The Bertz CT molecular complexity index is 622. The highest BCUT2D eigenvalue weighted by Gasteiger charge is 2.30. The minimum atomic E-state index is -0.166. The largest absolute Gasteiger partial charge is 0.340 e. The van der Waals surface area contributed by atoms with E-state index in [0.29, 0.717) is 11.5 Å². The van der Waals surface area contributed by atoms with Gasteiger partial charge in [0.05, 0.1) is 11.9 Å². The van der Waals surface area contributed by atoms with E-state index in [1.54, 1.807) is 12.1 Å². The predicted molar refractivity (Wildman–Crippen MR) is 75.7 cm³/mol. The van der Waals surface area contributed by atoms with Gasteiger partial charge < -0.3 is 5.32 Å². The summed E-state index contributed by atoms with van der Waals surface area (Å²) >= 11 is 0. The van der Waals surface area contributed by atoms with Gasteiger partial charge >= 0.3 is 0 Å². The Morgan fingerprint density at radius 1 is 0.950 bits per heavy atom. The van der Waals surface area contributed by atoms with Crippen molar-refractivity contribution in [2.24, 2.45) is 0 Å². The van der Waals surface area contributed by atoms with Crippen molar-refractivity contribution in [3.05, 3.63) is 48.7 Å². The van der Waals surface area contributed by atoms with Crippen LogP contribution in [0.3, 0.4) is 0 Å². The van der Waals surface area contributed by atoms with Gasteiger partial charge in [0.2, 0.25) is 11.8 Å². The van der Waals surface area contributed by atoms with Crippen LogP contribution in [-0.2, 0) is 9.59 Å². The van der Waals surface area contributed by atoms with Crippen molar-refractivity contribution in [3.8, 4) is 0 Å². The number of amides is 2. The van der Waals surface area contributed by atoms with Crippen molar-refractivity contribution < 1.29 is 9.59 Å². The standard InChI is InChI=1S/C15H13N3O2/c19-14-8-9-15(20)18(14)12-6-7-13(16-10-12)17-11-4-2-1-3-5-11/h1-7,10H,8-9H2,(H,16,17). The fraction of sp³-hybridized carbons (Fsp3) is 0.133. The molecule has 2 amide bonds. The first-order valence-electron chi connectivity index (χ1n) is 6.38. The first-order chi connectivity index (χ1) is 9.74. The van der Waals surface area contributed by atoms with E-state index in [-0.39, 0.29) is 24.7 Å². The van der Waals surface area contributed by atoms with Gasteiger partial charge in [0, 0.05) is 18.5 Å². The number of hydrogen-bond acceptors (Lipinski definition) is 4. The summed E-state index contributed by atoms with van der Waals surface area (Å²) in [7, 11) is 0. The lowest BCUT2D eigenvalue weighted by Gasteiger charge is -2.13. The van der Waals surface area contributed by atoms with E-state index >= 15 is 0 Å². The molecule has 1 fully saturated rings. The van der Waals surface area contributed by atoms with E-state index in [9.17, 15) is 9.59 Å². The molecule has 3 rings (SSSR count). The summed E-state index contributed by atoms with van der Waals surface area (Å²) in [6, 6.07) is 13.1. The Morgan fingerprint density at radius 2 is 1.65 bits per heavy atom. The number of nitrogens with zero attached hydrogens (tertiary/aromatic N) is 2. The fourth-order valence-corrected chi connectivity index (χ4v) is 2.13. The quantitative estimate of drug-likeness (QED) is 0.868. The molecule has 2 heterocycles. The van der Waals surface area contributed by atoms with Crippen molar-refractivity contribution in [1.82, 2.24) is 4.98 Å². The van der Waals surface area contributed by atoms with Gasteiger partial charge in [0.1, 0.15) is 5.82 Å². The van der Waals surface area contributed by atoms with Gasteiger partial charge in [-0.1, -0.05) is 18.2 Å². The van der Waals surface area contributed by atoms with Crippen LogP contribution in [0.4, 0.5) is 17.2 Å². The fourth-order valence-electron chi connectivity index (χ4n) is 2.13. The summed E-state index contributed by atoms with van der Waals surface area (Å²) in [5.41, 5.74) is 1.46. The Balaban J connectivity index is 1.78. The highest BCUT2D eigenvalue weighted by molar-refractivity contribution is 6.19. The van der Waals surface area contributed by atoms with Crippen molar-refractivity contribution in [1.29, 1.82) is 0 Å². The zero-order valence-corrected chi connectivity index (χ0v) is 10.7. The third-order valence-corrected chi connectivity index (χ3v) is 3.10. The molecule has 0 spiro atoms. The number of carbonyl (C=O) groups is 2. The van der Waals surface area contributed by atoms with E-state index < -0.39 is 0 Å². The zero-order valence-electron chi connectivity index (χ0n) is 10.7. The predicted octanol–water partition coefficient (Wildman–Crippen LogP) is 2.48. The van der Waals surface area contributed by atoms with E-state index in [2.05, 4.69) is 10.3 Å². The zero-order chi connectivity index (χ0) is 13.9. The van der Waals surface area contributed by atoms with Crippen LogP contribution in [0.2, 0.25) is 0 Å². The second kappa shape index (κ2) is 5.13. The Labute approximate surface area is 116 Å². The molecule has 1 aliphatic rings. The first-order valence-corrected chi connectivity index (χ1v) is 6.38. The lowest BCUT2D eigenvalue weighted by Crippen LogP contribution is -2.28. The monoisotopic (exact) mass is 267 g/mol. The summed E-state index contributed by atoms with van der Waals surface area (Å²) in [6.07, 6.45) is 2.10. The van der Waals surface area contributed by atoms with Crippen LogP contribution in [0.15, 0.2) is 48.7 Å². The van der Waals surface area contributed by atoms with Crippen molar-refractivity contribution in [2.75, 3.05) is 10.2 Å². The number of hydrogen-bond donors (Lipinski definition) is 1. The van der Waals surface area contributed by atoms with Crippen molar-refractivity contribution in [2.45, 2.75) is 12.8 Å². The second-order valence-electron chi connectivity index (χ2n) is 4.52. The van der Waals surface area contributed by atoms with Gasteiger partial charge in [-0.15, -0.1) is 0 Å². The number of imide groups is 1. The number of nitrogens with one attached hydrogen (secondary N) is 1. The Hall–Kier alpha value is -2.69. The Kier molecular flexibility index (Phi) is 3.16. The molecule has 0 bridgehead atoms. The van der Waals surface area contributed by atoms with Crippen LogP contribution < -0.4 is 10.2 Å². The van der Waals surface area contributed by atoms with Crippen molar-refractivity contribution in [3.63, 3.8) is 0 Å². The van der Waals surface area contributed by atoms with Gasteiger partial charge in [0.25, 0.3) is 0 Å². The molecule has 0 aliphatic carbocycles. The van der Waals surface area contributed by atoms with Crippen LogP contribution >= 0.6 is 0 Å². The molecular weight excluding hydrogens is 254 g/mol. The molecular formula is C15H13N3O2. The smallest absolute Gasteiger partial charge is 0.234 e. The van der Waals surface area contributed by atoms with Crippen LogP contribution in [0.5, 0.6) is 0 Å². The van der Waals surface area contributed by atoms with Crippen LogP contribution in [0.25, 0.3) is 0 Å². The highest BCUT2D eigenvalue weighted by atomic mass is 16.2. The van der Waals surface area contributed by atoms with Gasteiger partial charge in [0.15, 0.2) is 0 Å². The topological polar surface area (TPSA) is 62.3 Å². The van der Waals surface area contributed by atoms with E-state index in [1.165, 1.54) is 11.1 Å². The normalized spacial score (nSPS) is 14.7. The number of pyridine rings is 1. The Morgan fingerprint density at radius 3 is 2.25 bits per heavy atom. The lowest BCUT2D eigenvalue weighted by atomic mass is 10.3. The SMILES string of the molecule is O=C1CCC(=O)N1c1ccc(Nc2ccccc2)nc1. The van der Waals surface area contributed by atoms with E-state index in [0.717, 1.165) is 5.69 Å². The minimum Gasteiger partial charge on any atom is -0.340 e. The highest BCUT2D eigenvalue weighted by Crippen LogP contribution is 2.23. The maximum absolute atomic E-state index is 11.6. The van der Waals surface area contributed by atoms with Gasteiger partial charge in [-0.05, 0) is 24.3 Å². The third kappa shape index (κ3) is 2.38. The van der Waals surface area contributed by atoms with Gasteiger partial charge in [-0.3, -0.25) is 9.59 Å². The molecule has 1 aromatic carbocycles. The molecule has 0 radical (unpaired) electrons. The molecule has 1 saturated heterocycles. The van der Waals surface area contributed by atoms with Gasteiger partial charge in [-0.25, -0.2) is 9.88 Å². The molecule has 0 atom stereocenters. The third-order valence-electron chi connectivity index (χ3n) is 3.10. The summed E-state index contributed by atoms with van der Waals surface area (Å²) in [4.78, 5) is 28.7. The second-order valence-corrected chi connectivity index (χ2v) is 4.52. The van der Waals surface area contributed by atoms with Crippen molar-refractivity contribution >= 4 is 29.0 Å². The summed E-state index contributed by atoms with van der Waals surface area (Å²) < 4.78 is 0. The molecule has 20 heavy (non-hydrogen) atoms.